The molecule has 0 atom stereocenters. The van der Waals surface area contributed by atoms with Crippen LogP contribution in [0.2, 0.25) is 0 Å². The minimum absolute atomic E-state index is 0.863. The van der Waals surface area contributed by atoms with Crippen LogP contribution in [0.3, 0.4) is 0 Å². The van der Waals surface area contributed by atoms with Crippen molar-refractivity contribution in [3.63, 3.8) is 0 Å². The highest BCUT2D eigenvalue weighted by Crippen LogP contribution is 2.38. The van der Waals surface area contributed by atoms with Gasteiger partial charge in [0.05, 0.1) is 13.2 Å². The second-order valence-electron chi connectivity index (χ2n) is 7.59. The second-order valence-corrected chi connectivity index (χ2v) is 7.59. The van der Waals surface area contributed by atoms with Gasteiger partial charge in [-0.1, -0.05) is 72.8 Å². The Morgan fingerprint density at radius 3 is 2.46 bits per heavy atom. The minimum atomic E-state index is 0.863. The van der Waals surface area contributed by atoms with Gasteiger partial charge in [-0.2, -0.15) is 0 Å². The largest absolute Gasteiger partial charge is 0.379 e. The van der Waals surface area contributed by atoms with Crippen LogP contribution in [-0.2, 0) is 4.74 Å². The van der Waals surface area contributed by atoms with Gasteiger partial charge in [0.15, 0.2) is 0 Å². The lowest BCUT2D eigenvalue weighted by Crippen LogP contribution is -2.36. The predicted molar refractivity (Wildman–Crippen MR) is 118 cm³/mol. The van der Waals surface area contributed by atoms with Gasteiger partial charge >= 0.3 is 0 Å². The summed E-state index contributed by atoms with van der Waals surface area (Å²) in [5.41, 5.74) is 6.81. The summed E-state index contributed by atoms with van der Waals surface area (Å²) >= 11 is 0. The molecule has 0 aromatic heterocycles. The van der Waals surface area contributed by atoms with E-state index in [0.717, 1.165) is 39.3 Å². The van der Waals surface area contributed by atoms with E-state index >= 15 is 0 Å². The molecule has 0 radical (unpaired) electrons. The molecule has 0 saturated carbocycles. The molecule has 1 saturated heterocycles. The molecule has 5 rings (SSSR count). The van der Waals surface area contributed by atoms with Crippen LogP contribution in [0, 0.1) is 0 Å². The van der Waals surface area contributed by atoms with Crippen molar-refractivity contribution in [3.05, 3.63) is 89.5 Å². The molecule has 0 spiro atoms. The number of allylic oxidation sites excluding steroid dienone is 2. The SMILES string of the molecule is C(=C1C=C(CCN2CCOCC2)c2ccccc21)c1cccc2ccccc12. The predicted octanol–water partition coefficient (Wildman–Crippen LogP) is 5.50. The Hall–Kier alpha value is -2.68. The van der Waals surface area contributed by atoms with E-state index in [1.54, 1.807) is 0 Å². The quantitative estimate of drug-likeness (QED) is 0.604. The molecule has 0 unspecified atom stereocenters. The third kappa shape index (κ3) is 3.42. The zero-order valence-corrected chi connectivity index (χ0v) is 16.1. The van der Waals surface area contributed by atoms with E-state index in [1.165, 1.54) is 38.6 Å². The number of hydrogen-bond acceptors (Lipinski definition) is 2. The molecule has 28 heavy (non-hydrogen) atoms. The van der Waals surface area contributed by atoms with E-state index in [0.29, 0.717) is 0 Å². The van der Waals surface area contributed by atoms with Crippen LogP contribution in [-0.4, -0.2) is 37.7 Å². The number of rotatable bonds is 4. The maximum absolute atomic E-state index is 5.48. The monoisotopic (exact) mass is 367 g/mol. The van der Waals surface area contributed by atoms with Gasteiger partial charge in [-0.25, -0.2) is 0 Å². The molecule has 0 N–H and O–H groups in total. The van der Waals surface area contributed by atoms with Gasteiger partial charge in [0.25, 0.3) is 0 Å². The zero-order chi connectivity index (χ0) is 18.8. The van der Waals surface area contributed by atoms with E-state index in [1.807, 2.05) is 0 Å². The number of hydrogen-bond donors (Lipinski definition) is 0. The van der Waals surface area contributed by atoms with Gasteiger partial charge in [0.1, 0.15) is 0 Å². The number of nitrogens with zero attached hydrogens (tertiary/aromatic N) is 1. The smallest absolute Gasteiger partial charge is 0.0594 e. The molecule has 2 nitrogen and oxygen atoms in total. The van der Waals surface area contributed by atoms with Crippen molar-refractivity contribution >= 4 is 28.0 Å². The van der Waals surface area contributed by atoms with E-state index in [9.17, 15) is 0 Å². The molecular weight excluding hydrogens is 342 g/mol. The molecular formula is C26H25NO. The highest BCUT2D eigenvalue weighted by molar-refractivity contribution is 6.04. The first-order valence-electron chi connectivity index (χ1n) is 10.2. The molecule has 0 amide bonds. The fourth-order valence-electron chi connectivity index (χ4n) is 4.33. The summed E-state index contributed by atoms with van der Waals surface area (Å²) in [5.74, 6) is 0. The number of fused-ring (bicyclic) bond motifs is 2. The molecule has 2 aliphatic rings. The summed E-state index contributed by atoms with van der Waals surface area (Å²) in [7, 11) is 0. The summed E-state index contributed by atoms with van der Waals surface area (Å²) < 4.78 is 5.48. The van der Waals surface area contributed by atoms with Crippen LogP contribution in [0.25, 0.3) is 28.0 Å². The Labute approximate surface area is 166 Å². The molecule has 140 valence electrons. The molecule has 1 fully saturated rings. The first kappa shape index (κ1) is 17.4. The average molecular weight is 367 g/mol. The van der Waals surface area contributed by atoms with E-state index in [-0.39, 0.29) is 0 Å². The van der Waals surface area contributed by atoms with Crippen molar-refractivity contribution < 1.29 is 4.74 Å². The third-order valence-electron chi connectivity index (χ3n) is 5.85. The first-order chi connectivity index (χ1) is 13.9. The van der Waals surface area contributed by atoms with Crippen molar-refractivity contribution in [1.82, 2.24) is 4.90 Å². The van der Waals surface area contributed by atoms with Crippen molar-refractivity contribution in [3.8, 4) is 0 Å². The van der Waals surface area contributed by atoms with E-state index < -0.39 is 0 Å². The molecule has 1 aliphatic carbocycles. The van der Waals surface area contributed by atoms with Crippen molar-refractivity contribution in [2.75, 3.05) is 32.8 Å². The third-order valence-corrected chi connectivity index (χ3v) is 5.85. The number of ether oxygens (including phenoxy) is 1. The molecule has 3 aromatic carbocycles. The lowest BCUT2D eigenvalue weighted by Gasteiger charge is -2.26. The maximum Gasteiger partial charge on any atom is 0.0594 e. The van der Waals surface area contributed by atoms with Crippen LogP contribution >= 0.6 is 0 Å². The molecule has 1 aliphatic heterocycles. The summed E-state index contributed by atoms with van der Waals surface area (Å²) in [6.45, 7) is 4.93. The second kappa shape index (κ2) is 7.75. The fraction of sp³-hybridized carbons (Fsp3) is 0.231. The summed E-state index contributed by atoms with van der Waals surface area (Å²) in [4.78, 5) is 2.51. The van der Waals surface area contributed by atoms with Gasteiger partial charge in [0, 0.05) is 19.6 Å². The normalized spacial score (nSPS) is 18.4. The van der Waals surface area contributed by atoms with Gasteiger partial charge < -0.3 is 4.74 Å². The highest BCUT2D eigenvalue weighted by atomic mass is 16.5. The van der Waals surface area contributed by atoms with Crippen molar-refractivity contribution in [2.24, 2.45) is 0 Å². The molecule has 2 heteroatoms. The molecule has 3 aromatic rings. The van der Waals surface area contributed by atoms with Crippen LogP contribution in [0.5, 0.6) is 0 Å². The summed E-state index contributed by atoms with van der Waals surface area (Å²) in [6.07, 6.45) is 5.83. The Morgan fingerprint density at radius 1 is 0.821 bits per heavy atom. The Morgan fingerprint density at radius 2 is 1.57 bits per heavy atom. The standard InChI is InChI=1S/C26H25NO/c1-2-9-24-20(6-1)7-5-8-21(24)18-23-19-22(25-10-3-4-11-26(23)25)12-13-27-14-16-28-17-15-27/h1-11,18-19H,12-17H2. The highest BCUT2D eigenvalue weighted by Gasteiger charge is 2.19. The van der Waals surface area contributed by atoms with E-state index in [2.05, 4.69) is 83.8 Å². The van der Waals surface area contributed by atoms with Gasteiger partial charge in [-0.15, -0.1) is 0 Å². The average Bonchev–Trinajstić information content (AvgIpc) is 3.11. The lowest BCUT2D eigenvalue weighted by atomic mass is 9.99. The van der Waals surface area contributed by atoms with Crippen LogP contribution < -0.4 is 0 Å². The number of morpholine rings is 1. The fourth-order valence-corrected chi connectivity index (χ4v) is 4.33. The maximum atomic E-state index is 5.48. The molecule has 1 heterocycles. The van der Waals surface area contributed by atoms with Crippen molar-refractivity contribution in [2.45, 2.75) is 6.42 Å². The van der Waals surface area contributed by atoms with Gasteiger partial charge in [-0.05, 0) is 51.1 Å². The van der Waals surface area contributed by atoms with Crippen LogP contribution in [0.15, 0.2) is 72.8 Å². The van der Waals surface area contributed by atoms with Gasteiger partial charge in [-0.3, -0.25) is 4.90 Å². The van der Waals surface area contributed by atoms with Crippen LogP contribution in [0.1, 0.15) is 23.1 Å². The summed E-state index contributed by atoms with van der Waals surface area (Å²) in [6, 6.07) is 24.0. The van der Waals surface area contributed by atoms with Crippen molar-refractivity contribution in [1.29, 1.82) is 0 Å². The topological polar surface area (TPSA) is 12.5 Å². The Bertz CT molecular complexity index is 1050. The minimum Gasteiger partial charge on any atom is -0.379 e. The van der Waals surface area contributed by atoms with Gasteiger partial charge in [0.2, 0.25) is 0 Å². The lowest BCUT2D eigenvalue weighted by molar-refractivity contribution is 0.0390. The van der Waals surface area contributed by atoms with Crippen LogP contribution in [0.4, 0.5) is 0 Å². The Balaban J connectivity index is 1.48. The molecule has 0 bridgehead atoms. The number of benzene rings is 3. The first-order valence-corrected chi connectivity index (χ1v) is 10.2. The summed E-state index contributed by atoms with van der Waals surface area (Å²) in [5, 5.41) is 2.60. The van der Waals surface area contributed by atoms with E-state index in [4.69, 9.17) is 4.74 Å². The zero-order valence-electron chi connectivity index (χ0n) is 16.1. The Kier molecular flexibility index (Phi) is 4.82.